The van der Waals surface area contributed by atoms with Crippen molar-refractivity contribution in [2.75, 3.05) is 32.5 Å². The van der Waals surface area contributed by atoms with Crippen LogP contribution in [0.1, 0.15) is 19.8 Å². The summed E-state index contributed by atoms with van der Waals surface area (Å²) in [6.45, 7) is 5.48. The molecule has 3 nitrogen and oxygen atoms in total. The molecule has 2 N–H and O–H groups in total. The first-order chi connectivity index (χ1) is 7.20. The van der Waals surface area contributed by atoms with Crippen LogP contribution in [0.25, 0.3) is 0 Å². The normalized spacial score (nSPS) is 42.6. The maximum atomic E-state index is 5.96. The maximum Gasteiger partial charge on any atom is 0.0607 e. The Morgan fingerprint density at radius 1 is 1.53 bits per heavy atom. The van der Waals surface area contributed by atoms with E-state index in [1.54, 1.807) is 7.11 Å². The Morgan fingerprint density at radius 2 is 2.27 bits per heavy atom. The van der Waals surface area contributed by atoms with Crippen molar-refractivity contribution in [2.45, 2.75) is 36.7 Å². The van der Waals surface area contributed by atoms with Crippen LogP contribution in [0.2, 0.25) is 0 Å². The van der Waals surface area contributed by atoms with E-state index in [1.165, 1.54) is 18.8 Å². The molecular formula is C11H22N2OS. The van der Waals surface area contributed by atoms with E-state index in [9.17, 15) is 0 Å². The average Bonchev–Trinajstić information content (AvgIpc) is 2.18. The highest BCUT2D eigenvalue weighted by Gasteiger charge is 2.48. The van der Waals surface area contributed by atoms with Crippen LogP contribution < -0.4 is 5.73 Å². The molecule has 0 bridgehead atoms. The third-order valence-electron chi connectivity index (χ3n) is 3.84. The lowest BCUT2D eigenvalue weighted by Gasteiger charge is -2.55. The molecule has 15 heavy (non-hydrogen) atoms. The lowest BCUT2D eigenvalue weighted by Crippen LogP contribution is -2.66. The van der Waals surface area contributed by atoms with Crippen LogP contribution in [0, 0.1) is 0 Å². The van der Waals surface area contributed by atoms with Gasteiger partial charge in [0.15, 0.2) is 0 Å². The zero-order chi connectivity index (χ0) is 10.9. The van der Waals surface area contributed by atoms with Gasteiger partial charge in [0.2, 0.25) is 0 Å². The van der Waals surface area contributed by atoms with Gasteiger partial charge in [0, 0.05) is 43.3 Å². The van der Waals surface area contributed by atoms with Crippen LogP contribution in [0.5, 0.6) is 0 Å². The Bertz CT molecular complexity index is 219. The number of methoxy groups -OCH3 is 1. The molecule has 88 valence electrons. The highest BCUT2D eigenvalue weighted by Crippen LogP contribution is 2.40. The number of hydrogen-bond donors (Lipinski definition) is 1. The molecule has 1 aliphatic carbocycles. The van der Waals surface area contributed by atoms with Gasteiger partial charge >= 0.3 is 0 Å². The fourth-order valence-corrected chi connectivity index (χ4v) is 3.77. The molecule has 1 saturated heterocycles. The van der Waals surface area contributed by atoms with E-state index in [2.05, 4.69) is 23.6 Å². The van der Waals surface area contributed by atoms with Crippen LogP contribution in [0.15, 0.2) is 0 Å². The Labute approximate surface area is 96.7 Å². The van der Waals surface area contributed by atoms with Crippen molar-refractivity contribution in [1.29, 1.82) is 0 Å². The largest absolute Gasteiger partial charge is 0.381 e. The second-order valence-corrected chi connectivity index (χ2v) is 6.37. The highest BCUT2D eigenvalue weighted by molar-refractivity contribution is 7.99. The third kappa shape index (κ3) is 2.18. The van der Waals surface area contributed by atoms with Crippen LogP contribution in [0.3, 0.4) is 0 Å². The average molecular weight is 230 g/mol. The predicted molar refractivity (Wildman–Crippen MR) is 65.3 cm³/mol. The smallest absolute Gasteiger partial charge is 0.0607 e. The van der Waals surface area contributed by atoms with E-state index >= 15 is 0 Å². The van der Waals surface area contributed by atoms with E-state index in [1.807, 2.05) is 0 Å². The van der Waals surface area contributed by atoms with Crippen LogP contribution in [-0.4, -0.2) is 54.3 Å². The summed E-state index contributed by atoms with van der Waals surface area (Å²) in [6, 6.07) is 0. The van der Waals surface area contributed by atoms with Gasteiger partial charge in [-0.1, -0.05) is 6.92 Å². The molecule has 0 aromatic rings. The SMILES string of the molecule is COC1CC(CN)(N2CCSC(C)C2)C1. The summed E-state index contributed by atoms with van der Waals surface area (Å²) >= 11 is 2.08. The molecule has 1 atom stereocenters. The van der Waals surface area contributed by atoms with Gasteiger partial charge in [-0.25, -0.2) is 0 Å². The van der Waals surface area contributed by atoms with Gasteiger partial charge < -0.3 is 10.5 Å². The van der Waals surface area contributed by atoms with Gasteiger partial charge in [-0.15, -0.1) is 0 Å². The molecular weight excluding hydrogens is 208 g/mol. The Morgan fingerprint density at radius 3 is 2.80 bits per heavy atom. The summed E-state index contributed by atoms with van der Waals surface area (Å²) < 4.78 is 5.37. The minimum atomic E-state index is 0.260. The molecule has 1 unspecified atom stereocenters. The third-order valence-corrected chi connectivity index (χ3v) is 4.98. The zero-order valence-corrected chi connectivity index (χ0v) is 10.6. The first-order valence-corrected chi connectivity index (χ1v) is 6.84. The van der Waals surface area contributed by atoms with Gasteiger partial charge in [-0.05, 0) is 12.8 Å². The second kappa shape index (κ2) is 4.62. The van der Waals surface area contributed by atoms with Crippen molar-refractivity contribution in [3.05, 3.63) is 0 Å². The molecule has 2 aliphatic rings. The van der Waals surface area contributed by atoms with Crippen LogP contribution >= 0.6 is 11.8 Å². The molecule has 0 aromatic carbocycles. The van der Waals surface area contributed by atoms with Gasteiger partial charge in [0.05, 0.1) is 6.10 Å². The molecule has 1 saturated carbocycles. The standard InChI is InChI=1S/C11H22N2OS/c1-9-7-13(3-4-15-9)11(8-12)5-10(6-11)14-2/h9-10H,3-8,12H2,1-2H3. The number of thioether (sulfide) groups is 1. The lowest BCUT2D eigenvalue weighted by atomic mass is 9.72. The van der Waals surface area contributed by atoms with E-state index in [4.69, 9.17) is 10.5 Å². The van der Waals surface area contributed by atoms with Gasteiger partial charge in [0.25, 0.3) is 0 Å². The fourth-order valence-electron chi connectivity index (χ4n) is 2.76. The Balaban J connectivity index is 1.95. The number of ether oxygens (including phenoxy) is 1. The quantitative estimate of drug-likeness (QED) is 0.783. The highest BCUT2D eigenvalue weighted by atomic mass is 32.2. The molecule has 2 fully saturated rings. The van der Waals surface area contributed by atoms with Crippen LogP contribution in [0.4, 0.5) is 0 Å². The topological polar surface area (TPSA) is 38.5 Å². The molecule has 0 aromatic heterocycles. The fraction of sp³-hybridized carbons (Fsp3) is 1.00. The van der Waals surface area contributed by atoms with E-state index < -0.39 is 0 Å². The summed E-state index contributed by atoms with van der Waals surface area (Å²) in [7, 11) is 1.81. The zero-order valence-electron chi connectivity index (χ0n) is 9.74. The Kier molecular flexibility index (Phi) is 3.60. The van der Waals surface area contributed by atoms with Crippen molar-refractivity contribution in [3.63, 3.8) is 0 Å². The number of hydrogen-bond acceptors (Lipinski definition) is 4. The van der Waals surface area contributed by atoms with E-state index in [0.29, 0.717) is 6.10 Å². The molecule has 2 rings (SSSR count). The molecule has 1 aliphatic heterocycles. The summed E-state index contributed by atoms with van der Waals surface area (Å²) in [4.78, 5) is 2.60. The number of nitrogens with zero attached hydrogens (tertiary/aromatic N) is 1. The summed E-state index contributed by atoms with van der Waals surface area (Å²) in [5.41, 5.74) is 6.22. The van der Waals surface area contributed by atoms with Crippen molar-refractivity contribution in [1.82, 2.24) is 4.90 Å². The van der Waals surface area contributed by atoms with E-state index in [0.717, 1.165) is 24.6 Å². The second-order valence-electron chi connectivity index (χ2n) is 4.82. The first kappa shape index (κ1) is 11.7. The van der Waals surface area contributed by atoms with Crippen molar-refractivity contribution in [3.8, 4) is 0 Å². The van der Waals surface area contributed by atoms with Gasteiger partial charge in [-0.3, -0.25) is 4.90 Å². The molecule has 0 amide bonds. The molecule has 4 heteroatoms. The van der Waals surface area contributed by atoms with Crippen LogP contribution in [-0.2, 0) is 4.74 Å². The molecule has 1 heterocycles. The van der Waals surface area contributed by atoms with Gasteiger partial charge in [0.1, 0.15) is 0 Å². The maximum absolute atomic E-state index is 5.96. The molecule has 0 spiro atoms. The Hall–Kier alpha value is 0.230. The van der Waals surface area contributed by atoms with E-state index in [-0.39, 0.29) is 5.54 Å². The van der Waals surface area contributed by atoms with Gasteiger partial charge in [-0.2, -0.15) is 11.8 Å². The summed E-state index contributed by atoms with van der Waals surface area (Å²) in [5, 5.41) is 0.753. The summed E-state index contributed by atoms with van der Waals surface area (Å²) in [6.07, 6.45) is 2.69. The monoisotopic (exact) mass is 230 g/mol. The van der Waals surface area contributed by atoms with Crippen molar-refractivity contribution < 1.29 is 4.74 Å². The summed E-state index contributed by atoms with van der Waals surface area (Å²) in [5.74, 6) is 1.25. The minimum absolute atomic E-state index is 0.260. The number of nitrogens with two attached hydrogens (primary N) is 1. The lowest BCUT2D eigenvalue weighted by molar-refractivity contribution is -0.0857. The number of rotatable bonds is 3. The van der Waals surface area contributed by atoms with Crippen molar-refractivity contribution in [2.24, 2.45) is 5.73 Å². The predicted octanol–water partition coefficient (Wildman–Crippen LogP) is 0.930. The minimum Gasteiger partial charge on any atom is -0.381 e. The van der Waals surface area contributed by atoms with Crippen molar-refractivity contribution >= 4 is 11.8 Å². The molecule has 0 radical (unpaired) electrons. The first-order valence-electron chi connectivity index (χ1n) is 5.80.